The molecule has 0 radical (unpaired) electrons. The molecular formula is C27H25ClN2O. The average molecular weight is 429 g/mol. The highest BCUT2D eigenvalue weighted by molar-refractivity contribution is 6.30. The van der Waals surface area contributed by atoms with Crippen molar-refractivity contribution in [2.45, 2.75) is 37.0 Å². The van der Waals surface area contributed by atoms with Gasteiger partial charge in [0.25, 0.3) is 0 Å². The Morgan fingerprint density at radius 2 is 1.84 bits per heavy atom. The van der Waals surface area contributed by atoms with E-state index >= 15 is 0 Å². The van der Waals surface area contributed by atoms with E-state index in [1.807, 2.05) is 30.6 Å². The number of rotatable bonds is 3. The van der Waals surface area contributed by atoms with Crippen molar-refractivity contribution in [2.75, 3.05) is 13.1 Å². The summed E-state index contributed by atoms with van der Waals surface area (Å²) in [6.07, 6.45) is 7.77. The number of benzene rings is 2. The number of amides is 1. The fraction of sp³-hybridized carbons (Fsp3) is 0.333. The summed E-state index contributed by atoms with van der Waals surface area (Å²) in [5.41, 5.74) is 5.64. The number of likely N-dealkylation sites (tertiary alicyclic amines) is 1. The lowest BCUT2D eigenvalue weighted by molar-refractivity contribution is -0.137. The van der Waals surface area contributed by atoms with Crippen molar-refractivity contribution < 1.29 is 4.79 Å². The Balaban J connectivity index is 1.29. The van der Waals surface area contributed by atoms with Crippen LogP contribution >= 0.6 is 11.6 Å². The third kappa shape index (κ3) is 2.86. The third-order valence-corrected chi connectivity index (χ3v) is 7.91. The van der Waals surface area contributed by atoms with Crippen LogP contribution in [0.25, 0.3) is 0 Å². The van der Waals surface area contributed by atoms with Gasteiger partial charge in [0, 0.05) is 36.4 Å². The molecule has 2 aliphatic carbocycles. The summed E-state index contributed by atoms with van der Waals surface area (Å²) in [6.45, 7) is 1.66. The van der Waals surface area contributed by atoms with Gasteiger partial charge >= 0.3 is 0 Å². The minimum Gasteiger partial charge on any atom is -0.342 e. The van der Waals surface area contributed by atoms with Gasteiger partial charge in [-0.05, 0) is 77.6 Å². The lowest BCUT2D eigenvalue weighted by atomic mass is 9.73. The van der Waals surface area contributed by atoms with Crippen LogP contribution in [0, 0.1) is 5.92 Å². The summed E-state index contributed by atoms with van der Waals surface area (Å²) in [5.74, 6) is 1.18. The topological polar surface area (TPSA) is 33.2 Å². The maximum Gasteiger partial charge on any atom is 0.237 e. The molecule has 6 rings (SSSR count). The predicted octanol–water partition coefficient (Wildman–Crippen LogP) is 5.35. The molecule has 1 amide bonds. The molecule has 3 nitrogen and oxygen atoms in total. The van der Waals surface area contributed by atoms with Crippen LogP contribution in [0.5, 0.6) is 0 Å². The van der Waals surface area contributed by atoms with Gasteiger partial charge in [0.15, 0.2) is 0 Å². The molecule has 2 bridgehead atoms. The fourth-order valence-corrected chi connectivity index (χ4v) is 6.40. The molecule has 1 fully saturated rings. The van der Waals surface area contributed by atoms with Crippen LogP contribution in [-0.4, -0.2) is 28.9 Å². The average Bonchev–Trinajstić information content (AvgIpc) is 3.33. The van der Waals surface area contributed by atoms with Crippen LogP contribution < -0.4 is 0 Å². The van der Waals surface area contributed by atoms with Gasteiger partial charge in [0.2, 0.25) is 5.91 Å². The lowest BCUT2D eigenvalue weighted by Gasteiger charge is -2.39. The number of nitrogens with zero attached hydrogens (tertiary/aromatic N) is 2. The maximum absolute atomic E-state index is 14.2. The number of piperidine rings is 1. The molecule has 2 aromatic carbocycles. The number of carbonyl (C=O) groups excluding carboxylic acids is 1. The molecule has 3 aromatic rings. The Morgan fingerprint density at radius 3 is 2.65 bits per heavy atom. The number of hydrogen-bond donors (Lipinski definition) is 0. The number of halogens is 1. The fourth-order valence-electron chi connectivity index (χ4n) is 6.23. The van der Waals surface area contributed by atoms with E-state index in [1.54, 1.807) is 0 Å². The molecule has 1 saturated heterocycles. The summed E-state index contributed by atoms with van der Waals surface area (Å²) in [4.78, 5) is 20.5. The van der Waals surface area contributed by atoms with Crippen molar-refractivity contribution in [1.29, 1.82) is 0 Å². The van der Waals surface area contributed by atoms with Gasteiger partial charge in [-0.25, -0.2) is 0 Å². The van der Waals surface area contributed by atoms with Crippen molar-refractivity contribution in [2.24, 2.45) is 5.92 Å². The minimum atomic E-state index is -0.572. The molecule has 4 heteroatoms. The first-order valence-electron chi connectivity index (χ1n) is 11.2. The van der Waals surface area contributed by atoms with Crippen molar-refractivity contribution >= 4 is 17.5 Å². The molecule has 2 heterocycles. The summed E-state index contributed by atoms with van der Waals surface area (Å²) in [6, 6.07) is 18.8. The molecule has 31 heavy (non-hydrogen) atoms. The van der Waals surface area contributed by atoms with E-state index in [0.717, 1.165) is 44.3 Å². The lowest BCUT2D eigenvalue weighted by Crippen LogP contribution is -2.49. The van der Waals surface area contributed by atoms with E-state index < -0.39 is 5.41 Å². The van der Waals surface area contributed by atoms with Crippen LogP contribution in [0.3, 0.4) is 0 Å². The van der Waals surface area contributed by atoms with E-state index in [-0.39, 0.29) is 5.91 Å². The Morgan fingerprint density at radius 1 is 1.03 bits per heavy atom. The molecule has 0 spiro atoms. The first kappa shape index (κ1) is 19.1. The summed E-state index contributed by atoms with van der Waals surface area (Å²) < 4.78 is 0. The number of hydrogen-bond acceptors (Lipinski definition) is 2. The molecule has 0 unspecified atom stereocenters. The molecule has 1 aliphatic heterocycles. The monoisotopic (exact) mass is 428 g/mol. The van der Waals surface area contributed by atoms with Crippen molar-refractivity contribution in [3.8, 4) is 0 Å². The first-order chi connectivity index (χ1) is 15.2. The van der Waals surface area contributed by atoms with Gasteiger partial charge < -0.3 is 4.90 Å². The van der Waals surface area contributed by atoms with Crippen molar-refractivity contribution in [3.05, 3.63) is 99.8 Å². The Labute approximate surface area is 188 Å². The largest absolute Gasteiger partial charge is 0.342 e. The molecule has 3 aliphatic rings. The van der Waals surface area contributed by atoms with E-state index in [1.165, 1.54) is 22.3 Å². The predicted molar refractivity (Wildman–Crippen MR) is 122 cm³/mol. The second-order valence-corrected chi connectivity index (χ2v) is 9.72. The standard InChI is InChI=1S/C27H25ClN2O/c28-20-7-8-22-23-16-27(25(22)15-20,24-6-2-1-5-21(23)24)26(31)30-12-9-18(10-13-30)14-19-4-3-11-29-17-19/h1-8,11,15,17-18,23H,9-10,12-14,16H2/t23-,27+/m0/s1. The first-order valence-corrected chi connectivity index (χ1v) is 11.6. The van der Waals surface area contributed by atoms with Gasteiger partial charge in [-0.3, -0.25) is 9.78 Å². The maximum atomic E-state index is 14.2. The molecule has 0 N–H and O–H groups in total. The zero-order valence-corrected chi connectivity index (χ0v) is 18.2. The van der Waals surface area contributed by atoms with Gasteiger partial charge in [0.1, 0.15) is 5.41 Å². The molecular weight excluding hydrogens is 404 g/mol. The van der Waals surface area contributed by atoms with E-state index in [4.69, 9.17) is 11.6 Å². The highest BCUT2D eigenvalue weighted by atomic mass is 35.5. The Hall–Kier alpha value is -2.65. The number of pyridine rings is 1. The smallest absolute Gasteiger partial charge is 0.237 e. The van der Waals surface area contributed by atoms with Crippen molar-refractivity contribution in [1.82, 2.24) is 9.88 Å². The molecule has 1 aromatic heterocycles. The Kier molecular flexibility index (Phi) is 4.43. The molecule has 2 atom stereocenters. The van der Waals surface area contributed by atoms with Crippen LogP contribution in [0.2, 0.25) is 5.02 Å². The summed E-state index contributed by atoms with van der Waals surface area (Å²) in [7, 11) is 0. The number of fused-ring (bicyclic) bond motifs is 8. The van der Waals surface area contributed by atoms with Crippen LogP contribution in [0.4, 0.5) is 0 Å². The van der Waals surface area contributed by atoms with Gasteiger partial charge in [0.05, 0.1) is 0 Å². The van der Waals surface area contributed by atoms with Crippen LogP contribution in [0.15, 0.2) is 67.0 Å². The molecule has 156 valence electrons. The SMILES string of the molecule is O=C(N1CCC(Cc2cccnc2)CC1)[C@]12C[C@@H](c3ccccc31)c1ccc(Cl)cc12. The second kappa shape index (κ2) is 7.20. The highest BCUT2D eigenvalue weighted by Crippen LogP contribution is 2.61. The van der Waals surface area contributed by atoms with E-state index in [0.29, 0.717) is 16.9 Å². The quantitative estimate of drug-likeness (QED) is 0.563. The summed E-state index contributed by atoms with van der Waals surface area (Å²) >= 11 is 6.41. The number of carbonyl (C=O) groups is 1. The Bertz CT molecular complexity index is 1150. The van der Waals surface area contributed by atoms with Gasteiger partial charge in [-0.1, -0.05) is 48.0 Å². The summed E-state index contributed by atoms with van der Waals surface area (Å²) in [5, 5.41) is 0.714. The van der Waals surface area contributed by atoms with Crippen LogP contribution in [-0.2, 0) is 16.6 Å². The zero-order chi connectivity index (χ0) is 21.0. The third-order valence-electron chi connectivity index (χ3n) is 7.67. The van der Waals surface area contributed by atoms with E-state index in [9.17, 15) is 4.79 Å². The van der Waals surface area contributed by atoms with Crippen molar-refractivity contribution in [3.63, 3.8) is 0 Å². The normalized spacial score (nSPS) is 24.2. The zero-order valence-electron chi connectivity index (χ0n) is 17.4. The van der Waals surface area contributed by atoms with Gasteiger partial charge in [-0.2, -0.15) is 0 Å². The molecule has 0 saturated carbocycles. The minimum absolute atomic E-state index is 0.267. The van der Waals surface area contributed by atoms with Crippen LogP contribution in [0.1, 0.15) is 53.0 Å². The second-order valence-electron chi connectivity index (χ2n) is 9.28. The number of aromatic nitrogens is 1. The van der Waals surface area contributed by atoms with Gasteiger partial charge in [-0.15, -0.1) is 0 Å². The van der Waals surface area contributed by atoms with E-state index in [2.05, 4.69) is 46.3 Å². The highest BCUT2D eigenvalue weighted by Gasteiger charge is 2.58.